The van der Waals surface area contributed by atoms with Crippen molar-refractivity contribution in [1.29, 1.82) is 5.26 Å². The normalized spacial score (nSPS) is 12.3. The summed E-state index contributed by atoms with van der Waals surface area (Å²) in [5.41, 5.74) is 1.07. The van der Waals surface area contributed by atoms with Gasteiger partial charge in [0.1, 0.15) is 0 Å². The lowest BCUT2D eigenvalue weighted by molar-refractivity contribution is 0.553. The molecule has 0 saturated carbocycles. The number of nitrogens with one attached hydrogen (secondary N) is 2. The number of sulfonamides is 1. The van der Waals surface area contributed by atoms with Crippen LogP contribution in [-0.2, 0) is 15.8 Å². The maximum absolute atomic E-state index is 11.8. The first-order valence-corrected chi connectivity index (χ1v) is 7.25. The van der Waals surface area contributed by atoms with E-state index in [1.54, 1.807) is 31.3 Å². The van der Waals surface area contributed by atoms with E-state index in [1.165, 1.54) is 0 Å². The van der Waals surface area contributed by atoms with Gasteiger partial charge in [-0.15, -0.1) is 12.4 Å². The fourth-order valence-electron chi connectivity index (χ4n) is 1.36. The molecule has 0 aliphatic rings. The molecular formula is C12H18ClN3O2S. The monoisotopic (exact) mass is 303 g/mol. The van der Waals surface area contributed by atoms with Crippen molar-refractivity contribution < 1.29 is 8.42 Å². The van der Waals surface area contributed by atoms with E-state index in [-0.39, 0.29) is 24.2 Å². The highest BCUT2D eigenvalue weighted by Gasteiger charge is 2.12. The summed E-state index contributed by atoms with van der Waals surface area (Å²) in [5.74, 6) is -0.112. The van der Waals surface area contributed by atoms with Crippen LogP contribution in [0.2, 0.25) is 0 Å². The number of rotatable bonds is 6. The van der Waals surface area contributed by atoms with E-state index in [1.807, 2.05) is 13.0 Å². The summed E-state index contributed by atoms with van der Waals surface area (Å²) in [5, 5.41) is 11.7. The van der Waals surface area contributed by atoms with Gasteiger partial charge in [0, 0.05) is 12.6 Å². The first-order valence-electron chi connectivity index (χ1n) is 5.60. The van der Waals surface area contributed by atoms with Crippen molar-refractivity contribution in [2.45, 2.75) is 18.7 Å². The van der Waals surface area contributed by atoms with Gasteiger partial charge in [0.05, 0.1) is 17.4 Å². The van der Waals surface area contributed by atoms with Gasteiger partial charge in [0.2, 0.25) is 10.0 Å². The summed E-state index contributed by atoms with van der Waals surface area (Å²) < 4.78 is 26.1. The topological polar surface area (TPSA) is 82.0 Å². The maximum Gasteiger partial charge on any atom is 0.215 e. The van der Waals surface area contributed by atoms with E-state index in [2.05, 4.69) is 10.0 Å². The van der Waals surface area contributed by atoms with Crippen molar-refractivity contribution in [3.05, 3.63) is 35.4 Å². The van der Waals surface area contributed by atoms with Gasteiger partial charge in [0.25, 0.3) is 0 Å². The van der Waals surface area contributed by atoms with E-state index < -0.39 is 10.0 Å². The number of likely N-dealkylation sites (N-methyl/N-ethyl adjacent to an activating group) is 1. The lowest BCUT2D eigenvalue weighted by Gasteiger charge is -2.12. The summed E-state index contributed by atoms with van der Waals surface area (Å²) in [4.78, 5) is 0. The van der Waals surface area contributed by atoms with E-state index in [9.17, 15) is 8.42 Å². The molecule has 7 heteroatoms. The quantitative estimate of drug-likeness (QED) is 0.821. The molecule has 106 valence electrons. The standard InChI is InChI=1S/C12H17N3O2S.ClH/c1-10(14-2)8-15-18(16,17)9-12-5-3-4-11(6-12)7-13;/h3-6,10,14-15H,8-9H2,1-2H3;1H. The molecule has 1 rings (SSSR count). The van der Waals surface area contributed by atoms with E-state index in [0.717, 1.165) is 0 Å². The predicted octanol–water partition coefficient (Wildman–Crippen LogP) is 1.01. The van der Waals surface area contributed by atoms with Crippen molar-refractivity contribution in [3.8, 4) is 6.07 Å². The van der Waals surface area contributed by atoms with Gasteiger partial charge in [-0.1, -0.05) is 12.1 Å². The molecule has 2 N–H and O–H groups in total. The zero-order valence-corrected chi connectivity index (χ0v) is 12.5. The van der Waals surface area contributed by atoms with E-state index in [0.29, 0.717) is 17.7 Å². The minimum Gasteiger partial charge on any atom is -0.316 e. The van der Waals surface area contributed by atoms with Crippen LogP contribution in [0.15, 0.2) is 24.3 Å². The van der Waals surface area contributed by atoms with E-state index in [4.69, 9.17) is 5.26 Å². The molecule has 0 spiro atoms. The molecule has 19 heavy (non-hydrogen) atoms. The number of benzene rings is 1. The van der Waals surface area contributed by atoms with Crippen molar-refractivity contribution in [3.63, 3.8) is 0 Å². The van der Waals surface area contributed by atoms with Crippen LogP contribution < -0.4 is 10.0 Å². The number of nitrogens with zero attached hydrogens (tertiary/aromatic N) is 1. The fourth-order valence-corrected chi connectivity index (χ4v) is 2.58. The van der Waals surface area contributed by atoms with E-state index >= 15 is 0 Å². The Balaban J connectivity index is 0.00000324. The lowest BCUT2D eigenvalue weighted by Crippen LogP contribution is -2.37. The second-order valence-corrected chi connectivity index (χ2v) is 5.92. The van der Waals surface area contributed by atoms with Crippen molar-refractivity contribution in [2.24, 2.45) is 0 Å². The first kappa shape index (κ1) is 17.9. The summed E-state index contributed by atoms with van der Waals surface area (Å²) in [6.45, 7) is 2.23. The van der Waals surface area contributed by atoms with Crippen molar-refractivity contribution >= 4 is 22.4 Å². The molecule has 0 aromatic heterocycles. The lowest BCUT2D eigenvalue weighted by atomic mass is 10.2. The molecule has 5 nitrogen and oxygen atoms in total. The highest BCUT2D eigenvalue weighted by atomic mass is 35.5. The second-order valence-electron chi connectivity index (χ2n) is 4.11. The highest BCUT2D eigenvalue weighted by molar-refractivity contribution is 7.88. The van der Waals surface area contributed by atoms with Gasteiger partial charge in [-0.3, -0.25) is 0 Å². The van der Waals surface area contributed by atoms with Gasteiger partial charge in [-0.05, 0) is 31.7 Å². The molecule has 0 aliphatic heterocycles. The van der Waals surface area contributed by atoms with Gasteiger partial charge >= 0.3 is 0 Å². The maximum atomic E-state index is 11.8. The highest BCUT2D eigenvalue weighted by Crippen LogP contribution is 2.07. The van der Waals surface area contributed by atoms with Gasteiger partial charge in [-0.25, -0.2) is 13.1 Å². The molecule has 0 bridgehead atoms. The van der Waals surface area contributed by atoms with Crippen LogP contribution in [0.5, 0.6) is 0 Å². The third-order valence-electron chi connectivity index (χ3n) is 2.52. The number of hydrogen-bond acceptors (Lipinski definition) is 4. The van der Waals surface area contributed by atoms with Crippen LogP contribution >= 0.6 is 12.4 Å². The third-order valence-corrected chi connectivity index (χ3v) is 3.83. The molecule has 1 aromatic rings. The fraction of sp³-hybridized carbons (Fsp3) is 0.417. The van der Waals surface area contributed by atoms with Crippen LogP contribution in [0.3, 0.4) is 0 Å². The Morgan fingerprint density at radius 2 is 2.11 bits per heavy atom. The largest absolute Gasteiger partial charge is 0.316 e. The van der Waals surface area contributed by atoms with Crippen molar-refractivity contribution in [1.82, 2.24) is 10.0 Å². The second kappa shape index (κ2) is 8.12. The van der Waals surface area contributed by atoms with Crippen LogP contribution in [0.25, 0.3) is 0 Å². The number of halogens is 1. The van der Waals surface area contributed by atoms with Crippen LogP contribution in [0.4, 0.5) is 0 Å². The van der Waals surface area contributed by atoms with Crippen molar-refractivity contribution in [2.75, 3.05) is 13.6 Å². The Kier molecular flexibility index (Phi) is 7.64. The molecule has 0 heterocycles. The third kappa shape index (κ3) is 6.55. The van der Waals surface area contributed by atoms with Crippen LogP contribution in [-0.4, -0.2) is 28.1 Å². The summed E-state index contributed by atoms with van der Waals surface area (Å²) in [7, 11) is -1.59. The van der Waals surface area contributed by atoms with Gasteiger partial charge < -0.3 is 5.32 Å². The Morgan fingerprint density at radius 3 is 2.68 bits per heavy atom. The Labute approximate surface area is 120 Å². The molecule has 0 aliphatic carbocycles. The molecule has 1 atom stereocenters. The molecule has 1 aromatic carbocycles. The molecule has 0 radical (unpaired) electrons. The molecule has 0 amide bonds. The Morgan fingerprint density at radius 1 is 1.42 bits per heavy atom. The average molecular weight is 304 g/mol. The average Bonchev–Trinajstić information content (AvgIpc) is 2.35. The minimum atomic E-state index is -3.36. The summed E-state index contributed by atoms with van der Waals surface area (Å²) >= 11 is 0. The zero-order chi connectivity index (χ0) is 13.6. The van der Waals surface area contributed by atoms with Crippen LogP contribution in [0, 0.1) is 11.3 Å². The predicted molar refractivity (Wildman–Crippen MR) is 77.6 cm³/mol. The Bertz CT molecular complexity index is 540. The smallest absolute Gasteiger partial charge is 0.215 e. The molecule has 0 saturated heterocycles. The van der Waals surface area contributed by atoms with Gasteiger partial charge in [0.15, 0.2) is 0 Å². The first-order chi connectivity index (χ1) is 8.46. The molecule has 1 unspecified atom stereocenters. The van der Waals surface area contributed by atoms with Gasteiger partial charge in [-0.2, -0.15) is 5.26 Å². The SMILES string of the molecule is CNC(C)CNS(=O)(=O)Cc1cccc(C#N)c1.Cl. The Hall–Kier alpha value is -1.13. The zero-order valence-electron chi connectivity index (χ0n) is 10.9. The summed E-state index contributed by atoms with van der Waals surface area (Å²) in [6.07, 6.45) is 0. The molecular weight excluding hydrogens is 286 g/mol. The number of hydrogen-bond donors (Lipinski definition) is 2. The molecule has 0 fully saturated rings. The van der Waals surface area contributed by atoms with Crippen LogP contribution in [0.1, 0.15) is 18.1 Å². The minimum absolute atomic E-state index is 0. The number of nitriles is 1. The summed E-state index contributed by atoms with van der Waals surface area (Å²) in [6, 6.07) is 8.67.